The molecule has 0 heterocycles. The number of hydrogen-bond donors (Lipinski definition) is 3. The number of hydrogen-bond acceptors (Lipinski definition) is 7. The Hall–Kier alpha value is -1.93. The first-order valence-electron chi connectivity index (χ1n) is 11.9. The molecule has 0 saturated heterocycles. The SMILES string of the molecule is CCOP(=O)(OCC)[C@H](CC)N[C@@H](CC(C)C)C(=O)N[C@@H](Cc1ccc(OC)cc1)C(=O)NC. The zero-order chi connectivity index (χ0) is 25.7. The molecule has 0 unspecified atom stereocenters. The Labute approximate surface area is 204 Å². The molecule has 0 aromatic heterocycles. The van der Waals surface area contributed by atoms with Gasteiger partial charge in [0, 0.05) is 13.5 Å². The molecule has 0 aliphatic heterocycles. The third kappa shape index (κ3) is 9.37. The fourth-order valence-corrected chi connectivity index (χ4v) is 5.58. The lowest BCUT2D eigenvalue weighted by molar-refractivity contribution is -0.130. The molecule has 3 N–H and O–H groups in total. The second-order valence-corrected chi connectivity index (χ2v) is 10.6. The predicted molar refractivity (Wildman–Crippen MR) is 134 cm³/mol. The molecule has 0 aliphatic rings. The molecule has 0 fully saturated rings. The molecule has 0 aliphatic carbocycles. The number of ether oxygens (including phenoxy) is 1. The lowest BCUT2D eigenvalue weighted by atomic mass is 10.0. The molecule has 0 bridgehead atoms. The quantitative estimate of drug-likeness (QED) is 0.298. The molecule has 194 valence electrons. The molecule has 0 radical (unpaired) electrons. The van der Waals surface area contributed by atoms with E-state index in [1.165, 1.54) is 7.05 Å². The predicted octanol–water partition coefficient (Wildman–Crippen LogP) is 3.48. The smallest absolute Gasteiger partial charge is 0.347 e. The minimum atomic E-state index is -3.47. The number of methoxy groups -OCH3 is 1. The van der Waals surface area contributed by atoms with Crippen molar-refractivity contribution in [3.05, 3.63) is 29.8 Å². The van der Waals surface area contributed by atoms with Crippen molar-refractivity contribution in [2.24, 2.45) is 5.92 Å². The topological polar surface area (TPSA) is 115 Å². The van der Waals surface area contributed by atoms with Gasteiger partial charge in [0.25, 0.3) is 0 Å². The summed E-state index contributed by atoms with van der Waals surface area (Å²) in [5, 5.41) is 8.71. The van der Waals surface area contributed by atoms with Crippen molar-refractivity contribution >= 4 is 19.4 Å². The highest BCUT2D eigenvalue weighted by atomic mass is 31.2. The van der Waals surface area contributed by atoms with Gasteiger partial charge in [-0.1, -0.05) is 32.9 Å². The van der Waals surface area contributed by atoms with Crippen molar-refractivity contribution in [2.45, 2.75) is 71.7 Å². The molecular weight excluding hydrogens is 457 g/mol. The van der Waals surface area contributed by atoms with Crippen LogP contribution in [0.1, 0.15) is 53.0 Å². The van der Waals surface area contributed by atoms with Crippen molar-refractivity contribution in [1.82, 2.24) is 16.0 Å². The molecule has 1 aromatic carbocycles. The second-order valence-electron chi connectivity index (χ2n) is 8.38. The number of benzene rings is 1. The van der Waals surface area contributed by atoms with Gasteiger partial charge in [0.1, 0.15) is 17.6 Å². The maximum atomic E-state index is 13.3. The van der Waals surface area contributed by atoms with E-state index in [9.17, 15) is 14.2 Å². The van der Waals surface area contributed by atoms with E-state index in [0.717, 1.165) is 5.56 Å². The number of amides is 2. The van der Waals surface area contributed by atoms with Crippen molar-refractivity contribution < 1.29 is 27.9 Å². The van der Waals surface area contributed by atoms with Crippen LogP contribution < -0.4 is 20.7 Å². The minimum Gasteiger partial charge on any atom is -0.497 e. The van der Waals surface area contributed by atoms with Crippen LogP contribution in [0, 0.1) is 5.92 Å². The fraction of sp³-hybridized carbons (Fsp3) is 0.667. The molecule has 34 heavy (non-hydrogen) atoms. The van der Waals surface area contributed by atoms with Crippen molar-refractivity contribution in [2.75, 3.05) is 27.4 Å². The largest absolute Gasteiger partial charge is 0.497 e. The molecule has 9 nitrogen and oxygen atoms in total. The summed E-state index contributed by atoms with van der Waals surface area (Å²) < 4.78 is 29.5. The average Bonchev–Trinajstić information content (AvgIpc) is 2.81. The highest BCUT2D eigenvalue weighted by Gasteiger charge is 2.37. The van der Waals surface area contributed by atoms with E-state index >= 15 is 0 Å². The third-order valence-corrected chi connectivity index (χ3v) is 7.80. The normalized spacial score (nSPS) is 14.4. The van der Waals surface area contributed by atoms with E-state index in [0.29, 0.717) is 25.0 Å². The Morgan fingerprint density at radius 3 is 2.00 bits per heavy atom. The summed E-state index contributed by atoms with van der Waals surface area (Å²) in [7, 11) is -0.348. The van der Waals surface area contributed by atoms with Gasteiger partial charge in [-0.15, -0.1) is 0 Å². The maximum absolute atomic E-state index is 13.3. The van der Waals surface area contributed by atoms with E-state index in [-0.39, 0.29) is 30.9 Å². The van der Waals surface area contributed by atoms with Gasteiger partial charge in [-0.25, -0.2) is 0 Å². The standard InChI is InChI=1S/C24H42N3O6P/c1-8-22(34(30,32-9-2)33-10-3)26-20(15-17(4)5)24(29)27-21(23(28)25-6)16-18-11-13-19(31-7)14-12-18/h11-14,17,20-22,26H,8-10,15-16H2,1-7H3,(H,25,28)(H,27,29)/t20-,21-,22+/m0/s1. The summed E-state index contributed by atoms with van der Waals surface area (Å²) in [5.74, 6) is -0.395. The first-order chi connectivity index (χ1) is 16.1. The Kier molecular flexibility index (Phi) is 13.4. The zero-order valence-electron chi connectivity index (χ0n) is 21.6. The van der Waals surface area contributed by atoms with Crippen molar-refractivity contribution in [3.8, 4) is 5.75 Å². The van der Waals surface area contributed by atoms with E-state index < -0.39 is 25.5 Å². The van der Waals surface area contributed by atoms with Gasteiger partial charge in [-0.05, 0) is 50.3 Å². The van der Waals surface area contributed by atoms with Gasteiger partial charge in [-0.2, -0.15) is 0 Å². The van der Waals surface area contributed by atoms with Gasteiger partial charge < -0.3 is 24.4 Å². The molecular formula is C24H42N3O6P. The van der Waals surface area contributed by atoms with Gasteiger partial charge in [-0.3, -0.25) is 19.5 Å². The van der Waals surface area contributed by atoms with Crippen LogP contribution in [-0.4, -0.2) is 57.1 Å². The number of nitrogens with one attached hydrogen (secondary N) is 3. The van der Waals surface area contributed by atoms with Crippen LogP contribution in [0.5, 0.6) is 5.75 Å². The number of carbonyl (C=O) groups excluding carboxylic acids is 2. The van der Waals surface area contributed by atoms with Crippen LogP contribution in [0.3, 0.4) is 0 Å². The molecule has 2 amide bonds. The molecule has 1 aromatic rings. The summed E-state index contributed by atoms with van der Waals surface area (Å²) in [4.78, 5) is 25.9. The van der Waals surface area contributed by atoms with E-state index in [4.69, 9.17) is 13.8 Å². The zero-order valence-corrected chi connectivity index (χ0v) is 22.4. The highest BCUT2D eigenvalue weighted by molar-refractivity contribution is 7.54. The van der Waals surface area contributed by atoms with Gasteiger partial charge >= 0.3 is 7.60 Å². The van der Waals surface area contributed by atoms with Crippen LogP contribution in [0.2, 0.25) is 0 Å². The number of likely N-dealkylation sites (N-methyl/N-ethyl adjacent to an activating group) is 1. The van der Waals surface area contributed by atoms with Gasteiger partial charge in [0.05, 0.1) is 26.4 Å². The Bertz CT molecular complexity index is 792. The first-order valence-corrected chi connectivity index (χ1v) is 13.5. The third-order valence-electron chi connectivity index (χ3n) is 5.28. The Balaban J connectivity index is 3.10. The summed E-state index contributed by atoms with van der Waals surface area (Å²) in [6.07, 6.45) is 1.25. The molecule has 0 spiro atoms. The number of carbonyl (C=O) groups is 2. The first kappa shape index (κ1) is 30.1. The van der Waals surface area contributed by atoms with Crippen molar-refractivity contribution in [1.29, 1.82) is 0 Å². The molecule has 0 saturated carbocycles. The minimum absolute atomic E-state index is 0.180. The highest BCUT2D eigenvalue weighted by Crippen LogP contribution is 2.53. The number of rotatable bonds is 16. The fourth-order valence-electron chi connectivity index (χ4n) is 3.62. The monoisotopic (exact) mass is 499 g/mol. The van der Waals surface area contributed by atoms with Crippen LogP contribution in [0.25, 0.3) is 0 Å². The average molecular weight is 500 g/mol. The van der Waals surface area contributed by atoms with Gasteiger partial charge in [0.2, 0.25) is 11.8 Å². The maximum Gasteiger partial charge on any atom is 0.347 e. The van der Waals surface area contributed by atoms with E-state index in [2.05, 4.69) is 16.0 Å². The van der Waals surface area contributed by atoms with Crippen LogP contribution in [0.4, 0.5) is 0 Å². The lowest BCUT2D eigenvalue weighted by Crippen LogP contribution is -2.55. The second kappa shape index (κ2) is 15.1. The lowest BCUT2D eigenvalue weighted by Gasteiger charge is -2.31. The van der Waals surface area contributed by atoms with Gasteiger partial charge in [0.15, 0.2) is 0 Å². The molecule has 3 atom stereocenters. The summed E-state index contributed by atoms with van der Waals surface area (Å²) >= 11 is 0. The van der Waals surface area contributed by atoms with E-state index in [1.807, 2.05) is 45.0 Å². The molecule has 1 rings (SSSR count). The molecule has 10 heteroatoms. The summed E-state index contributed by atoms with van der Waals surface area (Å²) in [5.41, 5.74) is 0.881. The Morgan fingerprint density at radius 1 is 0.971 bits per heavy atom. The van der Waals surface area contributed by atoms with Crippen LogP contribution >= 0.6 is 7.60 Å². The van der Waals surface area contributed by atoms with Crippen molar-refractivity contribution in [3.63, 3.8) is 0 Å². The summed E-state index contributed by atoms with van der Waals surface area (Å²) in [6.45, 7) is 9.84. The van der Waals surface area contributed by atoms with E-state index in [1.54, 1.807) is 21.0 Å². The van der Waals surface area contributed by atoms with Crippen LogP contribution in [0.15, 0.2) is 24.3 Å². The Morgan fingerprint density at radius 2 is 1.56 bits per heavy atom. The summed E-state index contributed by atoms with van der Waals surface area (Å²) in [6, 6.07) is 5.89. The van der Waals surface area contributed by atoms with Crippen LogP contribution in [-0.2, 0) is 29.6 Å².